The van der Waals surface area contributed by atoms with Crippen LogP contribution < -0.4 is 0 Å². The van der Waals surface area contributed by atoms with Crippen molar-refractivity contribution in [3.8, 4) is 0 Å². The van der Waals surface area contributed by atoms with E-state index in [0.29, 0.717) is 5.91 Å². The van der Waals surface area contributed by atoms with Crippen molar-refractivity contribution in [1.29, 1.82) is 0 Å². The summed E-state index contributed by atoms with van der Waals surface area (Å²) in [5.74, 6) is 0.647. The first-order chi connectivity index (χ1) is 14.8. The summed E-state index contributed by atoms with van der Waals surface area (Å²) in [5, 5.41) is 2.41. The summed E-state index contributed by atoms with van der Waals surface area (Å²) in [6.45, 7) is 1.53. The largest absolute Gasteiger partial charge is 0.358 e. The zero-order valence-corrected chi connectivity index (χ0v) is 17.8. The number of fused-ring (bicyclic) bond motifs is 4. The summed E-state index contributed by atoms with van der Waals surface area (Å²) in [7, 11) is 0. The van der Waals surface area contributed by atoms with E-state index in [9.17, 15) is 4.79 Å². The zero-order valence-electron chi connectivity index (χ0n) is 16.9. The van der Waals surface area contributed by atoms with Gasteiger partial charge in [-0.3, -0.25) is 4.79 Å². The van der Waals surface area contributed by atoms with E-state index >= 15 is 0 Å². The SMILES string of the molecule is O=C(C1CCCCC1c1nc2ccccc2s1)N1CCc2[nH]c3ccccc3c2C1. The normalized spacial score (nSPS) is 21.8. The Labute approximate surface area is 179 Å². The fourth-order valence-electron chi connectivity index (χ4n) is 5.36. The van der Waals surface area contributed by atoms with Crippen LogP contribution in [-0.2, 0) is 17.8 Å². The maximum Gasteiger partial charge on any atom is 0.226 e. The van der Waals surface area contributed by atoms with E-state index < -0.39 is 0 Å². The lowest BCUT2D eigenvalue weighted by Crippen LogP contribution is -2.42. The van der Waals surface area contributed by atoms with Crippen molar-refractivity contribution in [1.82, 2.24) is 14.9 Å². The van der Waals surface area contributed by atoms with Crippen molar-refractivity contribution in [3.05, 3.63) is 64.8 Å². The Morgan fingerprint density at radius 3 is 2.83 bits per heavy atom. The van der Waals surface area contributed by atoms with Crippen molar-refractivity contribution in [2.24, 2.45) is 5.92 Å². The second-order valence-corrected chi connectivity index (χ2v) is 9.72. The van der Waals surface area contributed by atoms with Gasteiger partial charge in [0, 0.05) is 53.5 Å². The second-order valence-electron chi connectivity index (χ2n) is 8.65. The van der Waals surface area contributed by atoms with Gasteiger partial charge < -0.3 is 9.88 Å². The minimum atomic E-state index is 0.0612. The Balaban J connectivity index is 1.30. The molecule has 0 spiro atoms. The molecule has 1 N–H and O–H groups in total. The minimum absolute atomic E-state index is 0.0612. The summed E-state index contributed by atoms with van der Waals surface area (Å²) >= 11 is 1.78. The molecular weight excluding hydrogens is 390 g/mol. The summed E-state index contributed by atoms with van der Waals surface area (Å²) < 4.78 is 1.23. The van der Waals surface area contributed by atoms with Gasteiger partial charge >= 0.3 is 0 Å². The molecule has 2 aliphatic rings. The Kier molecular flexibility index (Phi) is 4.38. The maximum absolute atomic E-state index is 13.7. The predicted molar refractivity (Wildman–Crippen MR) is 122 cm³/mol. The summed E-state index contributed by atoms with van der Waals surface area (Å²) in [6, 6.07) is 16.8. The molecule has 1 aliphatic heterocycles. The van der Waals surface area contributed by atoms with Crippen LogP contribution in [0.3, 0.4) is 0 Å². The number of nitrogens with one attached hydrogen (secondary N) is 1. The second kappa shape index (κ2) is 7.24. The van der Waals surface area contributed by atoms with Crippen LogP contribution in [0.2, 0.25) is 0 Å². The molecule has 152 valence electrons. The van der Waals surface area contributed by atoms with Crippen molar-refractivity contribution < 1.29 is 4.79 Å². The van der Waals surface area contributed by atoms with E-state index in [2.05, 4.69) is 52.3 Å². The first-order valence-corrected chi connectivity index (χ1v) is 11.8. The van der Waals surface area contributed by atoms with Crippen molar-refractivity contribution in [2.75, 3.05) is 6.54 Å². The molecule has 3 heterocycles. The lowest BCUT2D eigenvalue weighted by atomic mass is 9.78. The van der Waals surface area contributed by atoms with E-state index in [1.807, 2.05) is 6.07 Å². The van der Waals surface area contributed by atoms with E-state index in [1.54, 1.807) is 11.3 Å². The minimum Gasteiger partial charge on any atom is -0.358 e. The molecule has 2 atom stereocenters. The van der Waals surface area contributed by atoms with Gasteiger partial charge in [-0.1, -0.05) is 43.2 Å². The van der Waals surface area contributed by atoms with Crippen LogP contribution in [0, 0.1) is 5.92 Å². The smallest absolute Gasteiger partial charge is 0.226 e. The summed E-state index contributed by atoms with van der Waals surface area (Å²) in [4.78, 5) is 24.3. The van der Waals surface area contributed by atoms with Gasteiger partial charge in [0.25, 0.3) is 0 Å². The number of hydrogen-bond donors (Lipinski definition) is 1. The number of aromatic nitrogens is 2. The Morgan fingerprint density at radius 1 is 1.07 bits per heavy atom. The van der Waals surface area contributed by atoms with Crippen molar-refractivity contribution in [3.63, 3.8) is 0 Å². The van der Waals surface area contributed by atoms with Crippen LogP contribution in [0.25, 0.3) is 21.1 Å². The van der Waals surface area contributed by atoms with Crippen LogP contribution in [0.15, 0.2) is 48.5 Å². The van der Waals surface area contributed by atoms with Crippen LogP contribution in [-0.4, -0.2) is 27.3 Å². The molecule has 5 heteroatoms. The number of hydrogen-bond acceptors (Lipinski definition) is 3. The molecule has 1 aliphatic carbocycles. The quantitative estimate of drug-likeness (QED) is 0.461. The van der Waals surface area contributed by atoms with Gasteiger partial charge in [-0.05, 0) is 31.0 Å². The highest BCUT2D eigenvalue weighted by atomic mass is 32.1. The van der Waals surface area contributed by atoms with Crippen LogP contribution in [0.1, 0.15) is 47.9 Å². The summed E-state index contributed by atoms with van der Waals surface area (Å²) in [5.41, 5.74) is 4.85. The van der Waals surface area contributed by atoms with Gasteiger partial charge in [0.05, 0.1) is 15.2 Å². The standard InChI is InChI=1S/C25H25N3OS/c29-25(28-14-13-21-19(15-28)16-7-3-4-10-20(16)26-21)18-9-2-1-8-17(18)24-27-22-11-5-6-12-23(22)30-24/h3-7,10-12,17-18,26H,1-2,8-9,13-15H2. The number of H-pyrrole nitrogens is 1. The number of thiazole rings is 1. The third-order valence-corrected chi connectivity index (χ3v) is 8.07. The van der Waals surface area contributed by atoms with Crippen LogP contribution in [0.4, 0.5) is 0 Å². The number of carbonyl (C=O) groups excluding carboxylic acids is 1. The molecule has 4 aromatic rings. The highest BCUT2D eigenvalue weighted by Crippen LogP contribution is 2.42. The Hall–Kier alpha value is -2.66. The van der Waals surface area contributed by atoms with Crippen LogP contribution in [0.5, 0.6) is 0 Å². The lowest BCUT2D eigenvalue weighted by Gasteiger charge is -2.35. The molecule has 1 fully saturated rings. The van der Waals surface area contributed by atoms with Gasteiger partial charge in [-0.25, -0.2) is 4.98 Å². The summed E-state index contributed by atoms with van der Waals surface area (Å²) in [6.07, 6.45) is 5.30. The fourth-order valence-corrected chi connectivity index (χ4v) is 6.53. The third-order valence-electron chi connectivity index (χ3n) is 6.91. The molecule has 6 rings (SSSR count). The van der Waals surface area contributed by atoms with Gasteiger partial charge in [0.2, 0.25) is 5.91 Å². The Bertz CT molecular complexity index is 1210. The number of nitrogens with zero attached hydrogens (tertiary/aromatic N) is 2. The number of aromatic amines is 1. The highest BCUT2D eigenvalue weighted by Gasteiger charge is 2.37. The number of amides is 1. The molecule has 30 heavy (non-hydrogen) atoms. The first-order valence-electron chi connectivity index (χ1n) is 11.0. The first kappa shape index (κ1) is 18.1. The number of para-hydroxylation sites is 2. The molecule has 1 saturated carbocycles. The van der Waals surface area contributed by atoms with Gasteiger partial charge in [0.15, 0.2) is 0 Å². The predicted octanol–water partition coefficient (Wildman–Crippen LogP) is 5.64. The van der Waals surface area contributed by atoms with E-state index in [4.69, 9.17) is 4.98 Å². The molecule has 1 amide bonds. The van der Waals surface area contributed by atoms with Crippen LogP contribution >= 0.6 is 11.3 Å². The molecule has 2 unspecified atom stereocenters. The molecule has 0 radical (unpaired) electrons. The monoisotopic (exact) mass is 415 g/mol. The third kappa shape index (κ3) is 2.95. The average molecular weight is 416 g/mol. The lowest BCUT2D eigenvalue weighted by molar-refractivity contribution is -0.138. The van der Waals surface area contributed by atoms with E-state index in [1.165, 1.54) is 33.3 Å². The van der Waals surface area contributed by atoms with E-state index in [0.717, 1.165) is 49.3 Å². The molecule has 0 bridgehead atoms. The van der Waals surface area contributed by atoms with Crippen molar-refractivity contribution in [2.45, 2.75) is 44.6 Å². The highest BCUT2D eigenvalue weighted by molar-refractivity contribution is 7.18. The van der Waals surface area contributed by atoms with Gasteiger partial charge in [-0.15, -0.1) is 11.3 Å². The molecule has 4 nitrogen and oxygen atoms in total. The maximum atomic E-state index is 13.7. The fraction of sp³-hybridized carbons (Fsp3) is 0.360. The van der Waals surface area contributed by atoms with Gasteiger partial charge in [-0.2, -0.15) is 0 Å². The topological polar surface area (TPSA) is 49.0 Å². The Morgan fingerprint density at radius 2 is 1.90 bits per heavy atom. The molecular formula is C25H25N3OS. The molecule has 0 saturated heterocycles. The zero-order chi connectivity index (χ0) is 20.1. The van der Waals surface area contributed by atoms with Gasteiger partial charge in [0.1, 0.15) is 0 Å². The molecule has 2 aromatic heterocycles. The number of carbonyl (C=O) groups is 1. The number of rotatable bonds is 2. The average Bonchev–Trinajstić information content (AvgIpc) is 3.39. The van der Waals surface area contributed by atoms with Crippen molar-refractivity contribution >= 4 is 38.4 Å². The molecule has 2 aromatic carbocycles. The number of benzene rings is 2. The van der Waals surface area contributed by atoms with E-state index in [-0.39, 0.29) is 11.8 Å².